The van der Waals surface area contributed by atoms with E-state index in [9.17, 15) is 13.2 Å². The number of methoxy groups -OCH3 is 3. The summed E-state index contributed by atoms with van der Waals surface area (Å²) < 4.78 is 43.7. The molecule has 0 saturated heterocycles. The van der Waals surface area contributed by atoms with E-state index in [4.69, 9.17) is 14.2 Å². The third kappa shape index (κ3) is 5.45. The van der Waals surface area contributed by atoms with Crippen LogP contribution in [0.3, 0.4) is 0 Å². The molecule has 2 N–H and O–H groups in total. The van der Waals surface area contributed by atoms with Gasteiger partial charge in [-0.1, -0.05) is 15.9 Å². The second-order valence-corrected chi connectivity index (χ2v) is 8.81. The number of carbonyl (C=O) groups is 1. The van der Waals surface area contributed by atoms with Crippen molar-refractivity contribution in [3.63, 3.8) is 0 Å². The van der Waals surface area contributed by atoms with E-state index >= 15 is 0 Å². The van der Waals surface area contributed by atoms with E-state index in [1.807, 2.05) is 0 Å². The van der Waals surface area contributed by atoms with Crippen molar-refractivity contribution >= 4 is 43.4 Å². The van der Waals surface area contributed by atoms with E-state index in [2.05, 4.69) is 35.9 Å². The molecule has 12 heteroatoms. The summed E-state index contributed by atoms with van der Waals surface area (Å²) in [4.78, 5) is 20.4. The van der Waals surface area contributed by atoms with E-state index in [1.54, 1.807) is 18.2 Å². The molecule has 0 aliphatic heterocycles. The fourth-order valence-electron chi connectivity index (χ4n) is 2.62. The van der Waals surface area contributed by atoms with Crippen LogP contribution in [0.2, 0.25) is 0 Å². The second-order valence-electron chi connectivity index (χ2n) is 6.21. The molecule has 0 bridgehead atoms. The molecule has 3 rings (SSSR count). The summed E-state index contributed by atoms with van der Waals surface area (Å²) in [6.07, 6.45) is 0. The third-order valence-electron chi connectivity index (χ3n) is 4.14. The first-order valence-electron chi connectivity index (χ1n) is 9.00. The van der Waals surface area contributed by atoms with Gasteiger partial charge in [-0.2, -0.15) is 9.97 Å². The molecule has 1 amide bonds. The van der Waals surface area contributed by atoms with Gasteiger partial charge in [0.15, 0.2) is 5.82 Å². The highest BCUT2D eigenvalue weighted by Gasteiger charge is 2.18. The molecule has 1 aromatic heterocycles. The fraction of sp³-hybridized carbons (Fsp3) is 0.150. The first-order chi connectivity index (χ1) is 15.2. The van der Waals surface area contributed by atoms with Gasteiger partial charge < -0.3 is 19.5 Å². The smallest absolute Gasteiger partial charge is 0.321 e. The van der Waals surface area contributed by atoms with E-state index in [1.165, 1.54) is 51.7 Å². The molecule has 1 heterocycles. The van der Waals surface area contributed by atoms with Crippen LogP contribution >= 0.6 is 15.9 Å². The highest BCUT2D eigenvalue weighted by atomic mass is 79.9. The summed E-state index contributed by atoms with van der Waals surface area (Å²) in [7, 11) is 0.237. The minimum Gasteiger partial charge on any atom is -0.496 e. The Hall–Kier alpha value is -3.38. The first-order valence-corrected chi connectivity index (χ1v) is 11.3. The number of hydrogen-bond donors (Lipinski definition) is 2. The molecule has 0 spiro atoms. The van der Waals surface area contributed by atoms with Gasteiger partial charge in [0.25, 0.3) is 15.9 Å². The number of nitrogens with zero attached hydrogens (tertiary/aromatic N) is 2. The Kier molecular flexibility index (Phi) is 7.15. The third-order valence-corrected chi connectivity index (χ3v) is 6.01. The van der Waals surface area contributed by atoms with E-state index < -0.39 is 15.9 Å². The van der Waals surface area contributed by atoms with Crippen LogP contribution in [0.5, 0.6) is 17.6 Å². The lowest BCUT2D eigenvalue weighted by molar-refractivity contribution is 0.102. The Morgan fingerprint density at radius 3 is 2.28 bits per heavy atom. The number of amides is 1. The van der Waals surface area contributed by atoms with Crippen molar-refractivity contribution < 1.29 is 27.4 Å². The van der Waals surface area contributed by atoms with Gasteiger partial charge in [0, 0.05) is 16.2 Å². The second kappa shape index (κ2) is 9.83. The number of hydrogen-bond acceptors (Lipinski definition) is 8. The van der Waals surface area contributed by atoms with Crippen molar-refractivity contribution in [1.29, 1.82) is 0 Å². The van der Waals surface area contributed by atoms with Crippen LogP contribution in [0.1, 0.15) is 10.4 Å². The molecule has 0 unspecified atom stereocenters. The summed E-state index contributed by atoms with van der Waals surface area (Å²) >= 11 is 3.32. The number of anilines is 2. The Morgan fingerprint density at radius 2 is 1.66 bits per heavy atom. The normalized spacial score (nSPS) is 10.9. The Bertz CT molecular complexity index is 1210. The van der Waals surface area contributed by atoms with Crippen molar-refractivity contribution in [2.24, 2.45) is 0 Å². The van der Waals surface area contributed by atoms with Gasteiger partial charge in [-0.25, -0.2) is 8.42 Å². The molecular weight excluding hydrogens is 504 g/mol. The van der Waals surface area contributed by atoms with E-state index in [-0.39, 0.29) is 22.6 Å². The van der Waals surface area contributed by atoms with Crippen LogP contribution in [-0.4, -0.2) is 45.6 Å². The predicted molar refractivity (Wildman–Crippen MR) is 121 cm³/mol. The largest absolute Gasteiger partial charge is 0.496 e. The van der Waals surface area contributed by atoms with Crippen LogP contribution < -0.4 is 24.2 Å². The number of nitrogens with one attached hydrogen (secondary N) is 2. The molecular formula is C20H19BrN4O6S. The molecule has 0 radical (unpaired) electrons. The highest BCUT2D eigenvalue weighted by molar-refractivity contribution is 9.10. The van der Waals surface area contributed by atoms with Gasteiger partial charge >= 0.3 is 6.01 Å². The molecule has 0 atom stereocenters. The lowest BCUT2D eigenvalue weighted by Gasteiger charge is -2.11. The maximum atomic E-state index is 12.7. The maximum Gasteiger partial charge on any atom is 0.321 e. The molecule has 3 aromatic rings. The Balaban J connectivity index is 1.78. The SMILES string of the molecule is COc1cc(NS(=O)(=O)c2ccc(NC(=O)c3cc(Br)ccc3OC)cc2)nc(OC)n1. The lowest BCUT2D eigenvalue weighted by atomic mass is 10.2. The topological polar surface area (TPSA) is 129 Å². The van der Waals surface area contributed by atoms with E-state index in [0.29, 0.717) is 21.5 Å². The molecule has 10 nitrogen and oxygen atoms in total. The molecule has 0 aliphatic carbocycles. The zero-order chi connectivity index (χ0) is 23.3. The van der Waals surface area contributed by atoms with Crippen molar-refractivity contribution in [3.8, 4) is 17.6 Å². The monoisotopic (exact) mass is 522 g/mol. The summed E-state index contributed by atoms with van der Waals surface area (Å²) in [6, 6.07) is 12.0. The van der Waals surface area contributed by atoms with Crippen LogP contribution in [0.4, 0.5) is 11.5 Å². The van der Waals surface area contributed by atoms with Gasteiger partial charge in [0.1, 0.15) is 5.75 Å². The molecule has 0 saturated carbocycles. The number of carbonyl (C=O) groups excluding carboxylic acids is 1. The molecule has 2 aromatic carbocycles. The molecule has 32 heavy (non-hydrogen) atoms. The van der Waals surface area contributed by atoms with Crippen molar-refractivity contribution in [1.82, 2.24) is 9.97 Å². The van der Waals surface area contributed by atoms with Gasteiger partial charge in [0.05, 0.1) is 31.8 Å². The van der Waals surface area contributed by atoms with Gasteiger partial charge in [-0.05, 0) is 42.5 Å². The summed E-state index contributed by atoms with van der Waals surface area (Å²) in [5.74, 6) is 0.116. The standard InChI is InChI=1S/C20H19BrN4O6S/c1-29-16-9-4-12(21)10-15(16)19(26)22-13-5-7-14(8-6-13)32(27,28)25-17-11-18(30-2)24-20(23-17)31-3/h4-11H,1-3H3,(H,22,26)(H,23,24,25). The molecule has 0 fully saturated rings. The van der Waals surface area contributed by atoms with E-state index in [0.717, 1.165) is 0 Å². The number of halogens is 1. The number of sulfonamides is 1. The molecule has 0 aliphatic rings. The number of benzene rings is 2. The Morgan fingerprint density at radius 1 is 0.938 bits per heavy atom. The van der Waals surface area contributed by atoms with Crippen LogP contribution in [-0.2, 0) is 10.0 Å². The summed E-state index contributed by atoms with van der Waals surface area (Å²) in [5, 5.41) is 2.71. The Labute approximate surface area is 193 Å². The van der Waals surface area contributed by atoms with Crippen molar-refractivity contribution in [2.45, 2.75) is 4.90 Å². The van der Waals surface area contributed by atoms with Gasteiger partial charge in [-0.15, -0.1) is 0 Å². The average molecular weight is 523 g/mol. The quantitative estimate of drug-likeness (QED) is 0.460. The zero-order valence-corrected chi connectivity index (χ0v) is 19.7. The predicted octanol–water partition coefficient (Wildman–Crippen LogP) is 3.32. The number of aromatic nitrogens is 2. The lowest BCUT2D eigenvalue weighted by Crippen LogP contribution is -2.15. The van der Waals surface area contributed by atoms with Crippen molar-refractivity contribution in [3.05, 3.63) is 58.6 Å². The zero-order valence-electron chi connectivity index (χ0n) is 17.2. The minimum atomic E-state index is -3.97. The summed E-state index contributed by atoms with van der Waals surface area (Å²) in [6.45, 7) is 0. The maximum absolute atomic E-state index is 12.7. The van der Waals surface area contributed by atoms with Crippen LogP contribution in [0, 0.1) is 0 Å². The summed E-state index contributed by atoms with van der Waals surface area (Å²) in [5.41, 5.74) is 0.730. The number of rotatable bonds is 8. The van der Waals surface area contributed by atoms with Crippen molar-refractivity contribution in [2.75, 3.05) is 31.4 Å². The first kappa shape index (κ1) is 23.3. The van der Waals surface area contributed by atoms with Gasteiger partial charge in [0.2, 0.25) is 5.88 Å². The van der Waals surface area contributed by atoms with Crippen LogP contribution in [0.15, 0.2) is 57.9 Å². The van der Waals surface area contributed by atoms with Crippen LogP contribution in [0.25, 0.3) is 0 Å². The highest BCUT2D eigenvalue weighted by Crippen LogP contribution is 2.25. The fourth-order valence-corrected chi connectivity index (χ4v) is 3.98. The molecule has 168 valence electrons. The average Bonchev–Trinajstić information content (AvgIpc) is 2.78. The van der Waals surface area contributed by atoms with Gasteiger partial charge in [-0.3, -0.25) is 9.52 Å². The minimum absolute atomic E-state index is 0.0205. The number of ether oxygens (including phenoxy) is 3.